The molecule has 0 unspecified atom stereocenters. The molecule has 194 valence electrons. The Morgan fingerprint density at radius 3 is 2.30 bits per heavy atom. The Labute approximate surface area is 216 Å². The first kappa shape index (κ1) is 26.5. The van der Waals surface area contributed by atoms with E-state index in [0.717, 1.165) is 18.6 Å². The van der Waals surface area contributed by atoms with E-state index in [1.54, 1.807) is 35.2 Å². The lowest BCUT2D eigenvalue weighted by atomic mass is 10.2. The summed E-state index contributed by atoms with van der Waals surface area (Å²) >= 11 is 5.71. The molecule has 12 heteroatoms. The van der Waals surface area contributed by atoms with Gasteiger partial charge in [-0.3, -0.25) is 13.9 Å². The normalized spacial score (nSPS) is 14.1. The quantitative estimate of drug-likeness (QED) is 0.430. The number of nitrogens with zero attached hydrogens (tertiary/aromatic N) is 2. The number of benzene rings is 3. The number of carbonyl (C=O) groups excluding carboxylic acids is 2. The Kier molecular flexibility index (Phi) is 7.47. The average molecular weight is 552 g/mol. The maximum atomic E-state index is 13.5. The van der Waals surface area contributed by atoms with E-state index in [9.17, 15) is 31.2 Å². The zero-order valence-electron chi connectivity index (χ0n) is 19.2. The minimum atomic E-state index is -4.84. The lowest BCUT2D eigenvalue weighted by Gasteiger charge is -2.25. The van der Waals surface area contributed by atoms with E-state index in [2.05, 4.69) is 5.32 Å². The topological polar surface area (TPSA) is 86.8 Å². The molecule has 2 amide bonds. The minimum absolute atomic E-state index is 0.000244. The zero-order valence-corrected chi connectivity index (χ0v) is 20.8. The number of hydrogen-bond acceptors (Lipinski definition) is 4. The molecule has 0 aromatic heterocycles. The molecule has 0 bridgehead atoms. The summed E-state index contributed by atoms with van der Waals surface area (Å²) in [6.45, 7) is -0.208. The van der Waals surface area contributed by atoms with Crippen LogP contribution in [0.4, 0.5) is 30.2 Å². The zero-order chi connectivity index (χ0) is 26.8. The van der Waals surface area contributed by atoms with E-state index in [0.29, 0.717) is 34.7 Å². The molecule has 1 aliphatic heterocycles. The van der Waals surface area contributed by atoms with Gasteiger partial charge in [-0.1, -0.05) is 29.8 Å². The second-order valence-corrected chi connectivity index (χ2v) is 10.5. The van der Waals surface area contributed by atoms with Crippen LogP contribution in [0.2, 0.25) is 5.02 Å². The Hall–Kier alpha value is -3.57. The summed E-state index contributed by atoms with van der Waals surface area (Å²) in [7, 11) is -4.42. The molecule has 4 rings (SSSR count). The fourth-order valence-electron chi connectivity index (χ4n) is 3.90. The second kappa shape index (κ2) is 10.4. The van der Waals surface area contributed by atoms with E-state index in [1.165, 1.54) is 24.3 Å². The molecule has 0 aliphatic carbocycles. The molecule has 0 radical (unpaired) electrons. The predicted molar refractivity (Wildman–Crippen MR) is 134 cm³/mol. The van der Waals surface area contributed by atoms with Gasteiger partial charge in [-0.2, -0.15) is 13.2 Å². The monoisotopic (exact) mass is 551 g/mol. The Balaban J connectivity index is 1.62. The fraction of sp³-hybridized carbons (Fsp3) is 0.200. The minimum Gasteiger partial charge on any atom is -0.325 e. The van der Waals surface area contributed by atoms with Crippen LogP contribution in [0.1, 0.15) is 18.4 Å². The number of sulfonamides is 1. The summed E-state index contributed by atoms with van der Waals surface area (Å²) in [5, 5.41) is 1.95. The molecule has 0 saturated carbocycles. The van der Waals surface area contributed by atoms with Crippen molar-refractivity contribution in [1.82, 2.24) is 0 Å². The molecular weight excluding hydrogens is 531 g/mol. The summed E-state index contributed by atoms with van der Waals surface area (Å²) in [5.41, 5.74) is -0.620. The molecule has 1 aliphatic rings. The van der Waals surface area contributed by atoms with Crippen molar-refractivity contribution < 1.29 is 31.2 Å². The average Bonchev–Trinajstić information content (AvgIpc) is 3.29. The molecule has 3 aromatic rings. The molecule has 3 aromatic carbocycles. The van der Waals surface area contributed by atoms with Gasteiger partial charge in [0.2, 0.25) is 11.8 Å². The van der Waals surface area contributed by atoms with Crippen molar-refractivity contribution in [2.45, 2.75) is 23.9 Å². The molecule has 37 heavy (non-hydrogen) atoms. The van der Waals surface area contributed by atoms with Gasteiger partial charge >= 0.3 is 6.18 Å². The van der Waals surface area contributed by atoms with Gasteiger partial charge in [-0.25, -0.2) is 8.42 Å². The molecule has 1 fully saturated rings. The highest BCUT2D eigenvalue weighted by Gasteiger charge is 2.35. The van der Waals surface area contributed by atoms with Crippen molar-refractivity contribution in [3.05, 3.63) is 83.4 Å². The predicted octanol–water partition coefficient (Wildman–Crippen LogP) is 5.32. The van der Waals surface area contributed by atoms with Crippen LogP contribution >= 0.6 is 11.6 Å². The summed E-state index contributed by atoms with van der Waals surface area (Å²) in [6.07, 6.45) is -3.62. The number of halogens is 4. The third-order valence-corrected chi connectivity index (χ3v) is 7.82. The van der Waals surface area contributed by atoms with Gasteiger partial charge in [0.05, 0.1) is 21.2 Å². The van der Waals surface area contributed by atoms with Crippen LogP contribution in [0.3, 0.4) is 0 Å². The maximum Gasteiger partial charge on any atom is 0.417 e. The largest absolute Gasteiger partial charge is 0.417 e. The lowest BCUT2D eigenvalue weighted by Crippen LogP contribution is -2.38. The van der Waals surface area contributed by atoms with Gasteiger partial charge in [0.25, 0.3) is 10.0 Å². The second-order valence-electron chi connectivity index (χ2n) is 8.23. The van der Waals surface area contributed by atoms with Crippen molar-refractivity contribution in [3.63, 3.8) is 0 Å². The van der Waals surface area contributed by atoms with Crippen molar-refractivity contribution in [1.29, 1.82) is 0 Å². The van der Waals surface area contributed by atoms with Gasteiger partial charge < -0.3 is 10.2 Å². The molecule has 0 spiro atoms. The van der Waals surface area contributed by atoms with Crippen LogP contribution in [0.15, 0.2) is 77.7 Å². The van der Waals surface area contributed by atoms with Gasteiger partial charge in [-0.15, -0.1) is 0 Å². The number of alkyl halides is 3. The Bertz CT molecular complexity index is 1420. The molecule has 1 heterocycles. The van der Waals surface area contributed by atoms with Crippen molar-refractivity contribution >= 4 is 50.5 Å². The number of rotatable bonds is 7. The molecule has 1 N–H and O–H groups in total. The third-order valence-electron chi connectivity index (χ3n) is 5.70. The summed E-state index contributed by atoms with van der Waals surface area (Å²) in [6, 6.07) is 16.1. The maximum absolute atomic E-state index is 13.5. The number of hydrogen-bond donors (Lipinski definition) is 1. The Morgan fingerprint density at radius 1 is 1.03 bits per heavy atom. The van der Waals surface area contributed by atoms with Gasteiger partial charge in [0.15, 0.2) is 0 Å². The summed E-state index contributed by atoms with van der Waals surface area (Å²) in [5.74, 6) is -0.784. The number of amides is 2. The van der Waals surface area contributed by atoms with Gasteiger partial charge in [-0.05, 0) is 61.0 Å². The van der Waals surface area contributed by atoms with E-state index in [4.69, 9.17) is 11.6 Å². The van der Waals surface area contributed by atoms with Crippen LogP contribution in [0, 0.1) is 0 Å². The van der Waals surface area contributed by atoms with Gasteiger partial charge in [0, 0.05) is 24.3 Å². The highest BCUT2D eigenvalue weighted by atomic mass is 35.5. The molecule has 7 nitrogen and oxygen atoms in total. The number of anilines is 3. The fourth-order valence-corrected chi connectivity index (χ4v) is 5.56. The molecular formula is C25H21ClF3N3O4S. The van der Waals surface area contributed by atoms with E-state index in [-0.39, 0.29) is 16.5 Å². The Morgan fingerprint density at radius 2 is 1.70 bits per heavy atom. The summed E-state index contributed by atoms with van der Waals surface area (Å²) < 4.78 is 67.8. The van der Waals surface area contributed by atoms with Crippen LogP contribution < -0.4 is 14.5 Å². The smallest absolute Gasteiger partial charge is 0.325 e. The lowest BCUT2D eigenvalue weighted by molar-refractivity contribution is -0.137. The van der Waals surface area contributed by atoms with Crippen LogP contribution in [-0.4, -0.2) is 33.3 Å². The highest BCUT2D eigenvalue weighted by Crippen LogP contribution is 2.38. The van der Waals surface area contributed by atoms with E-state index >= 15 is 0 Å². The van der Waals surface area contributed by atoms with E-state index in [1.807, 2.05) is 0 Å². The van der Waals surface area contributed by atoms with E-state index < -0.39 is 39.2 Å². The van der Waals surface area contributed by atoms with Crippen molar-refractivity contribution in [2.24, 2.45) is 0 Å². The molecule has 0 atom stereocenters. The SMILES string of the molecule is O=C(CN(c1ccc(Cl)c(C(F)(F)F)c1)S(=O)(=O)c1ccccc1)Nc1ccc(N2CCCC2=O)cc1. The first-order chi connectivity index (χ1) is 17.5. The van der Waals surface area contributed by atoms with Crippen molar-refractivity contribution in [2.75, 3.05) is 27.6 Å². The third kappa shape index (κ3) is 5.89. The highest BCUT2D eigenvalue weighted by molar-refractivity contribution is 7.92. The standard InChI is InChI=1S/C25H21ClF3N3O4S/c26-22-13-12-19(15-21(22)25(27,28)29)32(37(35,36)20-5-2-1-3-6-20)16-23(33)30-17-8-10-18(11-9-17)31-14-4-7-24(31)34/h1-3,5-6,8-13,15H,4,7,14,16H2,(H,30,33). The molecule has 1 saturated heterocycles. The van der Waals surface area contributed by atoms with Crippen LogP contribution in [-0.2, 0) is 25.8 Å². The number of carbonyl (C=O) groups is 2. The van der Waals surface area contributed by atoms with Crippen LogP contribution in [0.25, 0.3) is 0 Å². The summed E-state index contributed by atoms with van der Waals surface area (Å²) in [4.78, 5) is 26.2. The van der Waals surface area contributed by atoms with Crippen LogP contribution in [0.5, 0.6) is 0 Å². The van der Waals surface area contributed by atoms with Gasteiger partial charge in [0.1, 0.15) is 6.54 Å². The first-order valence-electron chi connectivity index (χ1n) is 11.1. The number of nitrogens with one attached hydrogen (secondary N) is 1. The van der Waals surface area contributed by atoms with Crippen molar-refractivity contribution in [3.8, 4) is 0 Å². The first-order valence-corrected chi connectivity index (χ1v) is 12.9.